The van der Waals surface area contributed by atoms with E-state index in [1.165, 1.54) is 18.4 Å². The van der Waals surface area contributed by atoms with Crippen molar-refractivity contribution in [3.05, 3.63) is 26.6 Å². The molecule has 1 aliphatic heterocycles. The standard InChI is InChI=1S/C13H15Br2NO/c14-8-6-10-12(16-9-3-4-9)2-1-5-17-13(10)11(15)7-8/h6-7,9,12,16H,1-5H2. The van der Waals surface area contributed by atoms with Crippen molar-refractivity contribution in [3.8, 4) is 5.75 Å². The van der Waals surface area contributed by atoms with Crippen molar-refractivity contribution in [1.29, 1.82) is 0 Å². The normalized spacial score (nSPS) is 23.8. The van der Waals surface area contributed by atoms with E-state index in [1.54, 1.807) is 0 Å². The summed E-state index contributed by atoms with van der Waals surface area (Å²) in [4.78, 5) is 0. The van der Waals surface area contributed by atoms with Gasteiger partial charge in [-0.3, -0.25) is 0 Å². The maximum absolute atomic E-state index is 5.86. The third-order valence-corrected chi connectivity index (χ3v) is 4.36. The third kappa shape index (κ3) is 2.69. The second-order valence-electron chi connectivity index (χ2n) is 4.79. The highest BCUT2D eigenvalue weighted by Gasteiger charge is 2.28. The van der Waals surface area contributed by atoms with E-state index in [2.05, 4.69) is 49.3 Å². The van der Waals surface area contributed by atoms with Gasteiger partial charge in [0.1, 0.15) is 5.75 Å². The monoisotopic (exact) mass is 359 g/mol. The van der Waals surface area contributed by atoms with Gasteiger partial charge in [-0.25, -0.2) is 0 Å². The van der Waals surface area contributed by atoms with Crippen LogP contribution < -0.4 is 10.1 Å². The Morgan fingerprint density at radius 1 is 1.18 bits per heavy atom. The Labute approximate surface area is 118 Å². The molecular formula is C13H15Br2NO. The number of rotatable bonds is 2. The zero-order valence-electron chi connectivity index (χ0n) is 9.51. The quantitative estimate of drug-likeness (QED) is 0.854. The van der Waals surface area contributed by atoms with Gasteiger partial charge >= 0.3 is 0 Å². The highest BCUT2D eigenvalue weighted by molar-refractivity contribution is 9.11. The van der Waals surface area contributed by atoms with Crippen LogP contribution in [0.15, 0.2) is 21.1 Å². The number of hydrogen-bond donors (Lipinski definition) is 1. The molecule has 0 amide bonds. The van der Waals surface area contributed by atoms with Gasteiger partial charge in [0.15, 0.2) is 0 Å². The minimum absolute atomic E-state index is 0.439. The highest BCUT2D eigenvalue weighted by atomic mass is 79.9. The summed E-state index contributed by atoms with van der Waals surface area (Å²) in [7, 11) is 0. The van der Waals surface area contributed by atoms with Crippen LogP contribution in [0.25, 0.3) is 0 Å². The van der Waals surface area contributed by atoms with Crippen LogP contribution in [0.1, 0.15) is 37.3 Å². The Morgan fingerprint density at radius 3 is 2.76 bits per heavy atom. The van der Waals surface area contributed by atoms with E-state index < -0.39 is 0 Å². The predicted molar refractivity (Wildman–Crippen MR) is 75.5 cm³/mol. The molecule has 2 nitrogen and oxygen atoms in total. The molecule has 0 aromatic heterocycles. The average Bonchev–Trinajstić information content (AvgIpc) is 3.08. The van der Waals surface area contributed by atoms with Gasteiger partial charge in [-0.2, -0.15) is 0 Å². The van der Waals surface area contributed by atoms with Crippen LogP contribution in [0.4, 0.5) is 0 Å². The molecule has 3 rings (SSSR count). The van der Waals surface area contributed by atoms with E-state index in [4.69, 9.17) is 4.74 Å². The number of benzene rings is 1. The molecule has 17 heavy (non-hydrogen) atoms. The van der Waals surface area contributed by atoms with Crippen molar-refractivity contribution in [2.75, 3.05) is 6.61 Å². The van der Waals surface area contributed by atoms with Gasteiger partial charge in [0.25, 0.3) is 0 Å². The molecule has 0 saturated heterocycles. The third-order valence-electron chi connectivity index (χ3n) is 3.31. The topological polar surface area (TPSA) is 21.3 Å². The maximum atomic E-state index is 5.86. The minimum Gasteiger partial charge on any atom is -0.492 e. The Kier molecular flexibility index (Phi) is 3.46. The molecule has 1 heterocycles. The van der Waals surface area contributed by atoms with E-state index in [1.807, 2.05) is 0 Å². The summed E-state index contributed by atoms with van der Waals surface area (Å²) in [5.74, 6) is 1.02. The highest BCUT2D eigenvalue weighted by Crippen LogP contribution is 2.40. The van der Waals surface area contributed by atoms with E-state index in [-0.39, 0.29) is 0 Å². The first-order valence-electron chi connectivity index (χ1n) is 6.12. The first-order valence-corrected chi connectivity index (χ1v) is 7.70. The van der Waals surface area contributed by atoms with Gasteiger partial charge in [-0.1, -0.05) is 15.9 Å². The van der Waals surface area contributed by atoms with Gasteiger partial charge in [0, 0.05) is 22.1 Å². The van der Waals surface area contributed by atoms with Gasteiger partial charge < -0.3 is 10.1 Å². The lowest BCUT2D eigenvalue weighted by Crippen LogP contribution is -2.23. The second-order valence-corrected chi connectivity index (χ2v) is 6.56. The van der Waals surface area contributed by atoms with E-state index in [0.717, 1.165) is 40.2 Å². The van der Waals surface area contributed by atoms with Gasteiger partial charge in [0.2, 0.25) is 0 Å². The zero-order chi connectivity index (χ0) is 11.8. The average molecular weight is 361 g/mol. The van der Waals surface area contributed by atoms with Crippen LogP contribution >= 0.6 is 31.9 Å². The Hall–Kier alpha value is -0.0600. The Bertz CT molecular complexity index is 432. The van der Waals surface area contributed by atoms with Crippen LogP contribution in [0.2, 0.25) is 0 Å². The summed E-state index contributed by atoms with van der Waals surface area (Å²) in [5.41, 5.74) is 1.29. The number of ether oxygens (including phenoxy) is 1. The number of hydrogen-bond acceptors (Lipinski definition) is 2. The fourth-order valence-corrected chi connectivity index (χ4v) is 3.69. The molecule has 2 aliphatic rings. The van der Waals surface area contributed by atoms with Crippen LogP contribution in [0.5, 0.6) is 5.75 Å². The molecule has 0 bridgehead atoms. The van der Waals surface area contributed by atoms with Crippen molar-refractivity contribution in [2.24, 2.45) is 0 Å². The summed E-state index contributed by atoms with van der Waals surface area (Å²) in [6.07, 6.45) is 4.92. The molecule has 92 valence electrons. The molecule has 1 aromatic carbocycles. The van der Waals surface area contributed by atoms with Crippen LogP contribution in [-0.4, -0.2) is 12.6 Å². The molecule has 1 atom stereocenters. The van der Waals surface area contributed by atoms with Gasteiger partial charge in [-0.05, 0) is 53.7 Å². The van der Waals surface area contributed by atoms with Crippen LogP contribution in [-0.2, 0) is 0 Å². The molecule has 1 aromatic rings. The fourth-order valence-electron chi connectivity index (χ4n) is 2.32. The van der Waals surface area contributed by atoms with Crippen molar-refractivity contribution in [2.45, 2.75) is 37.8 Å². The van der Waals surface area contributed by atoms with Crippen molar-refractivity contribution in [1.82, 2.24) is 5.32 Å². The summed E-state index contributed by atoms with van der Waals surface area (Å²) >= 11 is 7.16. The molecule has 0 radical (unpaired) electrons. The van der Waals surface area contributed by atoms with Crippen molar-refractivity contribution >= 4 is 31.9 Å². The molecule has 1 fully saturated rings. The largest absolute Gasteiger partial charge is 0.492 e. The number of fused-ring (bicyclic) bond motifs is 1. The molecular weight excluding hydrogens is 346 g/mol. The SMILES string of the molecule is Brc1cc(Br)c2c(c1)C(NC1CC1)CCCO2. The van der Waals surface area contributed by atoms with E-state index >= 15 is 0 Å². The fraction of sp³-hybridized carbons (Fsp3) is 0.538. The molecule has 1 saturated carbocycles. The molecule has 1 unspecified atom stereocenters. The molecule has 1 aliphatic carbocycles. The smallest absolute Gasteiger partial charge is 0.138 e. The zero-order valence-corrected chi connectivity index (χ0v) is 12.7. The number of halogens is 2. The number of nitrogens with one attached hydrogen (secondary N) is 1. The van der Waals surface area contributed by atoms with Gasteiger partial charge in [0.05, 0.1) is 11.1 Å². The maximum Gasteiger partial charge on any atom is 0.138 e. The van der Waals surface area contributed by atoms with E-state index in [0.29, 0.717) is 6.04 Å². The summed E-state index contributed by atoms with van der Waals surface area (Å²) in [6, 6.07) is 5.40. The van der Waals surface area contributed by atoms with Crippen molar-refractivity contribution in [3.63, 3.8) is 0 Å². The summed E-state index contributed by atoms with van der Waals surface area (Å²) in [6.45, 7) is 0.816. The van der Waals surface area contributed by atoms with Gasteiger partial charge in [-0.15, -0.1) is 0 Å². The lowest BCUT2D eigenvalue weighted by molar-refractivity contribution is 0.313. The lowest BCUT2D eigenvalue weighted by Gasteiger charge is -2.19. The van der Waals surface area contributed by atoms with Crippen LogP contribution in [0.3, 0.4) is 0 Å². The van der Waals surface area contributed by atoms with Crippen molar-refractivity contribution < 1.29 is 4.74 Å². The predicted octanol–water partition coefficient (Wildman–Crippen LogP) is 4.18. The molecule has 1 N–H and O–H groups in total. The summed E-state index contributed by atoms with van der Waals surface area (Å²) < 4.78 is 8.01. The Balaban J connectivity index is 1.97. The molecule has 4 heteroatoms. The first kappa shape index (κ1) is 12.0. The Morgan fingerprint density at radius 2 is 2.00 bits per heavy atom. The first-order chi connectivity index (χ1) is 8.24. The second kappa shape index (κ2) is 4.90. The molecule has 0 spiro atoms. The minimum atomic E-state index is 0.439. The summed E-state index contributed by atoms with van der Waals surface area (Å²) in [5, 5.41) is 3.72. The lowest BCUT2D eigenvalue weighted by atomic mass is 10.0. The van der Waals surface area contributed by atoms with E-state index in [9.17, 15) is 0 Å². The van der Waals surface area contributed by atoms with Crippen LogP contribution in [0, 0.1) is 0 Å².